The highest BCUT2D eigenvalue weighted by molar-refractivity contribution is 5.76. The third-order valence-corrected chi connectivity index (χ3v) is 6.50. The normalized spacial score (nSPS) is 19.9. The number of carbonyl (C=O) groups excluding carboxylic acids is 1. The molecule has 0 radical (unpaired) electrons. The number of carbonyl (C=O) groups is 1. The van der Waals surface area contributed by atoms with Crippen LogP contribution in [-0.4, -0.2) is 60.0 Å². The van der Waals surface area contributed by atoms with E-state index >= 15 is 0 Å². The highest BCUT2D eigenvalue weighted by Gasteiger charge is 2.26. The Hall–Kier alpha value is -2.61. The third kappa shape index (κ3) is 5.41. The van der Waals surface area contributed by atoms with Crippen LogP contribution in [-0.2, 0) is 11.3 Å². The summed E-state index contributed by atoms with van der Waals surface area (Å²) in [6.07, 6.45) is 4.90. The second-order valence-electron chi connectivity index (χ2n) is 8.66. The lowest BCUT2D eigenvalue weighted by Gasteiger charge is -2.36. The number of rotatable bonds is 6. The molecule has 0 bridgehead atoms. The molecule has 0 saturated carbocycles. The highest BCUT2D eigenvalue weighted by Crippen LogP contribution is 2.25. The van der Waals surface area contributed by atoms with Crippen molar-refractivity contribution in [2.24, 2.45) is 5.92 Å². The van der Waals surface area contributed by atoms with Gasteiger partial charge in [0.05, 0.1) is 0 Å². The minimum atomic E-state index is -1.10. The zero-order chi connectivity index (χ0) is 22.5. The highest BCUT2D eigenvalue weighted by atomic mass is 19.2. The van der Waals surface area contributed by atoms with Crippen molar-refractivity contribution in [2.45, 2.75) is 32.2 Å². The molecule has 1 atom stereocenters. The smallest absolute Gasteiger partial charge is 0.222 e. The lowest BCUT2D eigenvalue weighted by Crippen LogP contribution is -2.49. The molecule has 0 unspecified atom stereocenters. The van der Waals surface area contributed by atoms with E-state index in [9.17, 15) is 18.0 Å². The number of benzene rings is 1. The molecular formula is C24H29F3N4O. The van der Waals surface area contributed by atoms with Crippen molar-refractivity contribution in [3.05, 3.63) is 59.5 Å². The largest absolute Gasteiger partial charge is 0.353 e. The van der Waals surface area contributed by atoms with Crippen LogP contribution in [0.15, 0.2) is 36.5 Å². The Morgan fingerprint density at radius 1 is 1.00 bits per heavy atom. The van der Waals surface area contributed by atoms with Crippen LogP contribution in [0.3, 0.4) is 0 Å². The molecule has 1 aromatic carbocycles. The molecule has 4 rings (SSSR count). The van der Waals surface area contributed by atoms with E-state index in [2.05, 4.69) is 9.88 Å². The number of anilines is 1. The molecule has 5 nitrogen and oxygen atoms in total. The summed E-state index contributed by atoms with van der Waals surface area (Å²) in [4.78, 5) is 23.2. The summed E-state index contributed by atoms with van der Waals surface area (Å²) >= 11 is 0. The number of halogens is 3. The first-order valence-corrected chi connectivity index (χ1v) is 11.3. The fourth-order valence-corrected chi connectivity index (χ4v) is 4.68. The number of piperidine rings is 1. The van der Waals surface area contributed by atoms with E-state index in [0.717, 1.165) is 56.8 Å². The van der Waals surface area contributed by atoms with Gasteiger partial charge in [0.25, 0.3) is 0 Å². The maximum Gasteiger partial charge on any atom is 0.222 e. The average Bonchev–Trinajstić information content (AvgIpc) is 2.84. The first kappa shape index (κ1) is 22.6. The molecule has 1 aromatic heterocycles. The first-order valence-electron chi connectivity index (χ1n) is 11.3. The van der Waals surface area contributed by atoms with Crippen molar-refractivity contribution < 1.29 is 18.0 Å². The van der Waals surface area contributed by atoms with E-state index in [0.29, 0.717) is 32.0 Å². The van der Waals surface area contributed by atoms with Gasteiger partial charge < -0.3 is 9.80 Å². The molecule has 1 amide bonds. The van der Waals surface area contributed by atoms with Gasteiger partial charge in [-0.3, -0.25) is 9.69 Å². The lowest BCUT2D eigenvalue weighted by atomic mass is 9.92. The molecule has 0 N–H and O–H groups in total. The van der Waals surface area contributed by atoms with E-state index in [-0.39, 0.29) is 18.0 Å². The number of pyridine rings is 1. The van der Waals surface area contributed by atoms with Crippen LogP contribution in [0.4, 0.5) is 19.0 Å². The molecule has 0 spiro atoms. The predicted molar refractivity (Wildman–Crippen MR) is 117 cm³/mol. The zero-order valence-corrected chi connectivity index (χ0v) is 18.2. The molecule has 2 saturated heterocycles. The maximum atomic E-state index is 14.0. The summed E-state index contributed by atoms with van der Waals surface area (Å²) < 4.78 is 41.5. The van der Waals surface area contributed by atoms with Gasteiger partial charge in [0.1, 0.15) is 11.6 Å². The standard InChI is InChI=1S/C24H29F3N4O/c25-20-7-8-21(26)24(27)19(20)17-29-11-3-4-18(16-29)6-9-23(32)31-14-12-30(13-15-31)22-5-1-2-10-28-22/h1-2,5,7-8,10,18H,3-4,6,9,11-17H2/t18-/m0/s1. The van der Waals surface area contributed by atoms with E-state index in [1.54, 1.807) is 6.20 Å². The molecule has 8 heteroatoms. The Morgan fingerprint density at radius 3 is 2.53 bits per heavy atom. The van der Waals surface area contributed by atoms with Gasteiger partial charge in [-0.25, -0.2) is 18.2 Å². The van der Waals surface area contributed by atoms with E-state index in [1.807, 2.05) is 28.0 Å². The molecule has 2 aliphatic rings. The van der Waals surface area contributed by atoms with Gasteiger partial charge in [-0.15, -0.1) is 0 Å². The van der Waals surface area contributed by atoms with Crippen LogP contribution in [0.1, 0.15) is 31.2 Å². The Labute approximate surface area is 186 Å². The number of nitrogens with zero attached hydrogens (tertiary/aromatic N) is 4. The van der Waals surface area contributed by atoms with Crippen molar-refractivity contribution >= 4 is 11.7 Å². The van der Waals surface area contributed by atoms with Crippen LogP contribution < -0.4 is 4.90 Å². The molecule has 172 valence electrons. The van der Waals surface area contributed by atoms with Crippen LogP contribution in [0.25, 0.3) is 0 Å². The Bertz CT molecular complexity index is 919. The third-order valence-electron chi connectivity index (χ3n) is 6.50. The van der Waals surface area contributed by atoms with Gasteiger partial charge in [0.2, 0.25) is 5.91 Å². The van der Waals surface area contributed by atoms with Crippen LogP contribution in [0.5, 0.6) is 0 Å². The summed E-state index contributed by atoms with van der Waals surface area (Å²) in [6.45, 7) is 4.34. The van der Waals surface area contributed by atoms with Gasteiger partial charge in [-0.05, 0) is 56.0 Å². The van der Waals surface area contributed by atoms with Crippen LogP contribution >= 0.6 is 0 Å². The molecule has 3 heterocycles. The average molecular weight is 447 g/mol. The van der Waals surface area contributed by atoms with Crippen molar-refractivity contribution in [3.63, 3.8) is 0 Å². The molecule has 32 heavy (non-hydrogen) atoms. The zero-order valence-electron chi connectivity index (χ0n) is 18.2. The summed E-state index contributed by atoms with van der Waals surface area (Å²) in [6, 6.07) is 7.62. The number of amides is 1. The van der Waals surface area contributed by atoms with E-state index < -0.39 is 17.5 Å². The quantitative estimate of drug-likeness (QED) is 0.633. The maximum absolute atomic E-state index is 14.0. The van der Waals surface area contributed by atoms with Crippen molar-refractivity contribution in [3.8, 4) is 0 Å². The van der Waals surface area contributed by atoms with E-state index in [1.165, 1.54) is 0 Å². The minimum Gasteiger partial charge on any atom is -0.353 e. The SMILES string of the molecule is O=C(CC[C@@H]1CCCN(Cc2c(F)ccc(F)c2F)C1)N1CCN(c2ccccn2)CC1. The summed E-state index contributed by atoms with van der Waals surface area (Å²) in [7, 11) is 0. The minimum absolute atomic E-state index is 0.0509. The van der Waals surface area contributed by atoms with Gasteiger partial charge in [-0.1, -0.05) is 6.07 Å². The number of hydrogen-bond donors (Lipinski definition) is 0. The summed E-state index contributed by atoms with van der Waals surface area (Å²) in [5, 5.41) is 0. The summed E-state index contributed by atoms with van der Waals surface area (Å²) in [5.74, 6) is -1.46. The molecular weight excluding hydrogens is 417 g/mol. The van der Waals surface area contributed by atoms with Crippen LogP contribution in [0.2, 0.25) is 0 Å². The Morgan fingerprint density at radius 2 is 1.78 bits per heavy atom. The second kappa shape index (κ2) is 10.3. The first-order chi connectivity index (χ1) is 15.5. The van der Waals surface area contributed by atoms with Crippen molar-refractivity contribution in [2.75, 3.05) is 44.2 Å². The van der Waals surface area contributed by atoms with Crippen molar-refractivity contribution in [1.82, 2.24) is 14.8 Å². The molecule has 2 aromatic rings. The fraction of sp³-hybridized carbons (Fsp3) is 0.500. The van der Waals surface area contributed by atoms with Gasteiger partial charge >= 0.3 is 0 Å². The van der Waals surface area contributed by atoms with Crippen molar-refractivity contribution in [1.29, 1.82) is 0 Å². The van der Waals surface area contributed by atoms with Crippen LogP contribution in [0, 0.1) is 23.4 Å². The molecule has 2 fully saturated rings. The van der Waals surface area contributed by atoms with Gasteiger partial charge in [0.15, 0.2) is 11.6 Å². The van der Waals surface area contributed by atoms with Gasteiger partial charge in [-0.2, -0.15) is 0 Å². The second-order valence-corrected chi connectivity index (χ2v) is 8.66. The lowest BCUT2D eigenvalue weighted by molar-refractivity contribution is -0.131. The summed E-state index contributed by atoms with van der Waals surface area (Å²) in [5.41, 5.74) is -0.215. The topological polar surface area (TPSA) is 39.7 Å². The monoisotopic (exact) mass is 446 g/mol. The molecule has 0 aliphatic carbocycles. The van der Waals surface area contributed by atoms with E-state index in [4.69, 9.17) is 0 Å². The fourth-order valence-electron chi connectivity index (χ4n) is 4.68. The predicted octanol–water partition coefficient (Wildman–Crippen LogP) is 3.84. The number of likely N-dealkylation sites (tertiary alicyclic amines) is 1. The Kier molecular flexibility index (Phi) is 7.29. The number of hydrogen-bond acceptors (Lipinski definition) is 4. The number of aromatic nitrogens is 1. The van der Waals surface area contributed by atoms with Gasteiger partial charge in [0, 0.05) is 57.4 Å². The molecule has 2 aliphatic heterocycles. The number of piperazine rings is 1. The Balaban J connectivity index is 1.24.